The van der Waals surface area contributed by atoms with Crippen LogP contribution in [0.3, 0.4) is 0 Å². The highest BCUT2D eigenvalue weighted by Gasteiger charge is 2.20. The fraction of sp³-hybridized carbons (Fsp3) is 0.462. The molecule has 2 N–H and O–H groups in total. The highest BCUT2D eigenvalue weighted by atomic mass is 35.5. The van der Waals surface area contributed by atoms with E-state index in [-0.39, 0.29) is 5.91 Å². The summed E-state index contributed by atoms with van der Waals surface area (Å²) in [5.74, 6) is 2.51. The van der Waals surface area contributed by atoms with E-state index in [0.717, 1.165) is 57.3 Å². The van der Waals surface area contributed by atoms with Gasteiger partial charge in [0.25, 0.3) is 5.91 Å². The molecule has 0 radical (unpaired) electrons. The van der Waals surface area contributed by atoms with Crippen LogP contribution in [0.2, 0.25) is 5.02 Å². The van der Waals surface area contributed by atoms with E-state index in [2.05, 4.69) is 49.2 Å². The largest absolute Gasteiger partial charge is 0.380 e. The van der Waals surface area contributed by atoms with E-state index in [4.69, 9.17) is 16.3 Å². The van der Waals surface area contributed by atoms with Crippen molar-refractivity contribution in [2.45, 2.75) is 27.7 Å². The number of carbonyl (C=O) groups is 1. The molecule has 9 nitrogen and oxygen atoms in total. The van der Waals surface area contributed by atoms with Crippen LogP contribution < -0.4 is 15.5 Å². The van der Waals surface area contributed by atoms with E-state index in [9.17, 15) is 4.79 Å². The fourth-order valence-electron chi connectivity index (χ4n) is 4.00. The third kappa shape index (κ3) is 7.61. The molecular formula is C26H34ClN7O2S. The number of para-hydroxylation sites is 1. The number of amides is 1. The number of anilines is 4. The van der Waals surface area contributed by atoms with E-state index in [1.54, 1.807) is 12.3 Å². The first kappa shape index (κ1) is 27.3. The summed E-state index contributed by atoms with van der Waals surface area (Å²) in [6.07, 6.45) is 1.55. The first-order valence-corrected chi connectivity index (χ1v) is 13.7. The van der Waals surface area contributed by atoms with Crippen LogP contribution in [0.5, 0.6) is 0 Å². The van der Waals surface area contributed by atoms with E-state index >= 15 is 0 Å². The summed E-state index contributed by atoms with van der Waals surface area (Å²) in [5, 5.41) is 7.20. The summed E-state index contributed by atoms with van der Waals surface area (Å²) in [6.45, 7) is 14.4. The maximum Gasteiger partial charge on any atom is 0.267 e. The summed E-state index contributed by atoms with van der Waals surface area (Å²) < 4.78 is 5.73. The molecule has 198 valence electrons. The van der Waals surface area contributed by atoms with E-state index < -0.39 is 0 Å². The average Bonchev–Trinajstić information content (AvgIpc) is 3.32. The highest BCUT2D eigenvalue weighted by Crippen LogP contribution is 2.28. The molecule has 1 aliphatic rings. The Morgan fingerprint density at radius 2 is 1.97 bits per heavy atom. The Morgan fingerprint density at radius 3 is 2.70 bits per heavy atom. The molecule has 0 aliphatic carbocycles. The Bertz CT molecular complexity index is 1190. The molecule has 3 aromatic rings. The van der Waals surface area contributed by atoms with Crippen molar-refractivity contribution >= 4 is 51.3 Å². The number of nitrogens with one attached hydrogen (secondary N) is 2. The Morgan fingerprint density at radius 1 is 1.19 bits per heavy atom. The molecule has 11 heteroatoms. The van der Waals surface area contributed by atoms with Crippen molar-refractivity contribution in [3.8, 4) is 0 Å². The van der Waals surface area contributed by atoms with Crippen LogP contribution in [0.1, 0.15) is 34.9 Å². The molecule has 0 saturated carbocycles. The maximum absolute atomic E-state index is 12.8. The number of benzene rings is 1. The number of halogens is 1. The third-order valence-corrected chi connectivity index (χ3v) is 7.18. The second-order valence-corrected chi connectivity index (χ2v) is 10.9. The molecule has 37 heavy (non-hydrogen) atoms. The summed E-state index contributed by atoms with van der Waals surface area (Å²) in [7, 11) is 0. The number of ether oxygens (including phenoxy) is 1. The average molecular weight is 544 g/mol. The van der Waals surface area contributed by atoms with E-state index in [1.807, 2.05) is 32.0 Å². The van der Waals surface area contributed by atoms with Crippen molar-refractivity contribution in [2.24, 2.45) is 5.92 Å². The maximum atomic E-state index is 12.8. The van der Waals surface area contributed by atoms with Gasteiger partial charge in [0.15, 0.2) is 5.13 Å². The van der Waals surface area contributed by atoms with Crippen LogP contribution >= 0.6 is 22.9 Å². The van der Waals surface area contributed by atoms with Gasteiger partial charge in [0.1, 0.15) is 22.3 Å². The third-order valence-electron chi connectivity index (χ3n) is 5.95. The molecule has 1 aliphatic heterocycles. The summed E-state index contributed by atoms with van der Waals surface area (Å²) >= 11 is 7.50. The molecule has 3 heterocycles. The zero-order valence-corrected chi connectivity index (χ0v) is 23.3. The van der Waals surface area contributed by atoms with E-state index in [0.29, 0.717) is 38.3 Å². The molecule has 0 spiro atoms. The number of rotatable bonds is 10. The van der Waals surface area contributed by atoms with Crippen LogP contribution in [-0.4, -0.2) is 71.7 Å². The van der Waals surface area contributed by atoms with Crippen molar-refractivity contribution in [2.75, 3.05) is 61.5 Å². The van der Waals surface area contributed by atoms with Gasteiger partial charge < -0.3 is 20.3 Å². The SMILES string of the molecule is Cc1nc(Nc2ncc(C(=O)Nc3c(C)cccc3Cl)s2)cc(N2CCN(CCOCC(C)C)CC2)n1. The zero-order chi connectivity index (χ0) is 26.4. The number of thiazole rings is 1. The van der Waals surface area contributed by atoms with Crippen molar-refractivity contribution in [3.63, 3.8) is 0 Å². The van der Waals surface area contributed by atoms with Gasteiger partial charge >= 0.3 is 0 Å². The summed E-state index contributed by atoms with van der Waals surface area (Å²) in [4.78, 5) is 31.5. The van der Waals surface area contributed by atoms with Gasteiger partial charge in [-0.1, -0.05) is 48.9 Å². The summed E-state index contributed by atoms with van der Waals surface area (Å²) in [5.41, 5.74) is 1.50. The molecular weight excluding hydrogens is 510 g/mol. The van der Waals surface area contributed by atoms with Crippen molar-refractivity contribution in [1.82, 2.24) is 19.9 Å². The van der Waals surface area contributed by atoms with Gasteiger partial charge in [-0.2, -0.15) is 0 Å². The van der Waals surface area contributed by atoms with Gasteiger partial charge in [-0.05, 0) is 31.4 Å². The molecule has 1 aromatic carbocycles. The number of hydrogen-bond acceptors (Lipinski definition) is 9. The van der Waals surface area contributed by atoms with Crippen LogP contribution in [0, 0.1) is 19.8 Å². The van der Waals surface area contributed by atoms with Gasteiger partial charge in [0.05, 0.1) is 23.5 Å². The lowest BCUT2D eigenvalue weighted by Crippen LogP contribution is -2.47. The van der Waals surface area contributed by atoms with Crippen LogP contribution in [0.4, 0.5) is 22.5 Å². The van der Waals surface area contributed by atoms with Gasteiger partial charge in [0.2, 0.25) is 0 Å². The smallest absolute Gasteiger partial charge is 0.267 e. The second-order valence-electron chi connectivity index (χ2n) is 9.50. The predicted molar refractivity (Wildman–Crippen MR) is 151 cm³/mol. The molecule has 0 atom stereocenters. The zero-order valence-electron chi connectivity index (χ0n) is 21.8. The van der Waals surface area contributed by atoms with Crippen LogP contribution in [-0.2, 0) is 4.74 Å². The lowest BCUT2D eigenvalue weighted by atomic mass is 10.2. The predicted octanol–water partition coefficient (Wildman–Crippen LogP) is 4.99. The molecule has 0 unspecified atom stereocenters. The summed E-state index contributed by atoms with van der Waals surface area (Å²) in [6, 6.07) is 7.44. The topological polar surface area (TPSA) is 95.5 Å². The monoisotopic (exact) mass is 543 g/mol. The minimum absolute atomic E-state index is 0.256. The number of carbonyl (C=O) groups excluding carboxylic acids is 1. The fourth-order valence-corrected chi connectivity index (χ4v) is 4.99. The lowest BCUT2D eigenvalue weighted by molar-refractivity contribution is 0.0838. The molecule has 1 fully saturated rings. The van der Waals surface area contributed by atoms with E-state index in [1.165, 1.54) is 11.3 Å². The number of nitrogens with zero attached hydrogens (tertiary/aromatic N) is 5. The van der Waals surface area contributed by atoms with Crippen LogP contribution in [0.25, 0.3) is 0 Å². The lowest BCUT2D eigenvalue weighted by Gasteiger charge is -2.35. The van der Waals surface area contributed by atoms with Crippen molar-refractivity contribution in [3.05, 3.63) is 51.7 Å². The first-order valence-electron chi connectivity index (χ1n) is 12.5. The molecule has 1 saturated heterocycles. The van der Waals surface area contributed by atoms with Gasteiger partial charge in [-0.25, -0.2) is 15.0 Å². The Balaban J connectivity index is 1.34. The van der Waals surface area contributed by atoms with Gasteiger partial charge in [-0.3, -0.25) is 9.69 Å². The van der Waals surface area contributed by atoms with Crippen LogP contribution in [0.15, 0.2) is 30.5 Å². The normalized spacial score (nSPS) is 14.3. The molecule has 1 amide bonds. The molecule has 0 bridgehead atoms. The highest BCUT2D eigenvalue weighted by molar-refractivity contribution is 7.17. The minimum Gasteiger partial charge on any atom is -0.380 e. The quantitative estimate of drug-likeness (QED) is 0.345. The van der Waals surface area contributed by atoms with Crippen molar-refractivity contribution in [1.29, 1.82) is 0 Å². The molecule has 2 aromatic heterocycles. The number of hydrogen-bond donors (Lipinski definition) is 2. The number of aromatic nitrogens is 3. The Labute approximate surface area is 227 Å². The first-order chi connectivity index (χ1) is 17.8. The number of aryl methyl sites for hydroxylation is 2. The Hall–Kier alpha value is -2.79. The standard InChI is InChI=1S/C26H34ClN7O2S/c1-17(2)16-36-13-12-33-8-10-34(11-9-33)23-14-22(29-19(4)30-23)31-26-28-15-21(37-26)25(35)32-24-18(3)6-5-7-20(24)27/h5-7,14-15,17H,8-13,16H2,1-4H3,(H,32,35)(H,28,29,30,31). The Kier molecular flexibility index (Phi) is 9.31. The van der Waals surface area contributed by atoms with Gasteiger partial charge in [0, 0.05) is 45.4 Å². The second kappa shape index (κ2) is 12.6. The minimum atomic E-state index is -0.256. The number of piperazine rings is 1. The molecule has 4 rings (SSSR count). The van der Waals surface area contributed by atoms with Gasteiger partial charge in [-0.15, -0.1) is 0 Å². The van der Waals surface area contributed by atoms with Crippen molar-refractivity contribution < 1.29 is 9.53 Å².